The van der Waals surface area contributed by atoms with Gasteiger partial charge in [0.2, 0.25) is 0 Å². The summed E-state index contributed by atoms with van der Waals surface area (Å²) in [4.78, 5) is 0. The van der Waals surface area contributed by atoms with Crippen LogP contribution in [0.2, 0.25) is 0 Å². The summed E-state index contributed by atoms with van der Waals surface area (Å²) in [5.74, 6) is -4.42. The van der Waals surface area contributed by atoms with Crippen molar-refractivity contribution >= 4 is 0 Å². The van der Waals surface area contributed by atoms with Gasteiger partial charge in [-0.25, -0.2) is 13.2 Å². The van der Waals surface area contributed by atoms with Crippen LogP contribution in [0.5, 0.6) is 5.75 Å². The lowest BCUT2D eigenvalue weighted by Gasteiger charge is -2.02. The molecule has 0 aromatic heterocycles. The predicted molar refractivity (Wildman–Crippen MR) is 40.8 cm³/mol. The Morgan fingerprint density at radius 3 is 2.69 bits per heavy atom. The normalized spacial score (nSPS) is 9.77. The molecule has 0 heterocycles. The second kappa shape index (κ2) is 3.98. The fourth-order valence-electron chi connectivity index (χ4n) is 0.709. The Morgan fingerprint density at radius 2 is 2.15 bits per heavy atom. The van der Waals surface area contributed by atoms with Gasteiger partial charge < -0.3 is 4.74 Å². The van der Waals surface area contributed by atoms with Gasteiger partial charge in [-0.1, -0.05) is 12.7 Å². The fraction of sp³-hybridized carbons (Fsp3) is 0.111. The molecule has 1 radical (unpaired) electrons. The van der Waals surface area contributed by atoms with Crippen LogP contribution < -0.4 is 4.74 Å². The zero-order valence-corrected chi connectivity index (χ0v) is 6.61. The van der Waals surface area contributed by atoms with E-state index in [9.17, 15) is 13.2 Å². The lowest BCUT2D eigenvalue weighted by molar-refractivity contribution is 0.350. The minimum absolute atomic E-state index is 0.0843. The summed E-state index contributed by atoms with van der Waals surface area (Å²) in [6.07, 6.45) is 1.40. The molecule has 0 saturated heterocycles. The van der Waals surface area contributed by atoms with E-state index in [1.165, 1.54) is 6.08 Å². The summed E-state index contributed by atoms with van der Waals surface area (Å²) >= 11 is 0. The van der Waals surface area contributed by atoms with Crippen LogP contribution in [0.3, 0.4) is 0 Å². The van der Waals surface area contributed by atoms with E-state index in [1.54, 1.807) is 0 Å². The molecule has 0 N–H and O–H groups in total. The third kappa shape index (κ3) is 2.24. The smallest absolute Gasteiger partial charge is 0.195 e. The van der Waals surface area contributed by atoms with Crippen LogP contribution >= 0.6 is 0 Å². The number of ether oxygens (including phenoxy) is 1. The third-order valence-electron chi connectivity index (χ3n) is 1.25. The molecule has 69 valence electrons. The van der Waals surface area contributed by atoms with Crippen LogP contribution in [-0.4, -0.2) is 6.61 Å². The van der Waals surface area contributed by atoms with Crippen molar-refractivity contribution in [2.75, 3.05) is 6.61 Å². The molecule has 0 aliphatic rings. The molecule has 0 atom stereocenters. The molecular weight excluding hydrogens is 181 g/mol. The fourth-order valence-corrected chi connectivity index (χ4v) is 0.709. The topological polar surface area (TPSA) is 9.23 Å². The van der Waals surface area contributed by atoms with Gasteiger partial charge in [0.15, 0.2) is 17.5 Å². The Balaban J connectivity index is 2.92. The Hall–Kier alpha value is -1.45. The quantitative estimate of drug-likeness (QED) is 0.521. The minimum Gasteiger partial charge on any atom is -0.489 e. The Bertz CT molecular complexity index is 300. The van der Waals surface area contributed by atoms with Crippen molar-refractivity contribution in [1.29, 1.82) is 0 Å². The van der Waals surface area contributed by atoms with Crippen LogP contribution in [0.1, 0.15) is 0 Å². The molecular formula is C9H6F3O. The lowest BCUT2D eigenvalue weighted by Crippen LogP contribution is -1.97. The maximum Gasteiger partial charge on any atom is 0.195 e. The average molecular weight is 187 g/mol. The van der Waals surface area contributed by atoms with Gasteiger partial charge in [-0.3, -0.25) is 0 Å². The first-order chi connectivity index (χ1) is 6.15. The maximum absolute atomic E-state index is 12.5. The molecule has 0 fully saturated rings. The first kappa shape index (κ1) is 9.64. The summed E-state index contributed by atoms with van der Waals surface area (Å²) in [6.45, 7) is 3.42. The van der Waals surface area contributed by atoms with E-state index in [2.05, 4.69) is 6.58 Å². The number of rotatable bonds is 3. The van der Waals surface area contributed by atoms with Gasteiger partial charge >= 0.3 is 0 Å². The molecule has 0 spiro atoms. The molecule has 1 aromatic carbocycles. The van der Waals surface area contributed by atoms with Crippen molar-refractivity contribution in [3.8, 4) is 5.75 Å². The van der Waals surface area contributed by atoms with Crippen LogP contribution in [0.4, 0.5) is 13.2 Å². The molecule has 0 aliphatic carbocycles. The van der Waals surface area contributed by atoms with Crippen molar-refractivity contribution in [2.45, 2.75) is 0 Å². The molecule has 13 heavy (non-hydrogen) atoms. The van der Waals surface area contributed by atoms with Gasteiger partial charge in [-0.05, 0) is 0 Å². The molecule has 0 unspecified atom stereocenters. The van der Waals surface area contributed by atoms with E-state index in [1.807, 2.05) is 6.07 Å². The van der Waals surface area contributed by atoms with Crippen LogP contribution in [0, 0.1) is 23.5 Å². The highest BCUT2D eigenvalue weighted by Gasteiger charge is 2.11. The van der Waals surface area contributed by atoms with Crippen LogP contribution in [0.15, 0.2) is 18.7 Å². The van der Waals surface area contributed by atoms with E-state index in [0.717, 1.165) is 6.07 Å². The molecule has 1 aromatic rings. The number of benzene rings is 1. The van der Waals surface area contributed by atoms with Crippen molar-refractivity contribution in [3.05, 3.63) is 42.2 Å². The van der Waals surface area contributed by atoms with Crippen LogP contribution in [0.25, 0.3) is 0 Å². The molecule has 0 saturated carbocycles. The van der Waals surface area contributed by atoms with E-state index in [4.69, 9.17) is 4.74 Å². The summed E-state index contributed by atoms with van der Waals surface area (Å²) in [6, 6.07) is 2.62. The molecule has 0 bridgehead atoms. The largest absolute Gasteiger partial charge is 0.489 e. The first-order valence-corrected chi connectivity index (χ1v) is 3.45. The molecule has 1 nitrogen and oxygen atoms in total. The second-order valence-electron chi connectivity index (χ2n) is 2.21. The summed E-state index contributed by atoms with van der Waals surface area (Å²) in [7, 11) is 0. The summed E-state index contributed by atoms with van der Waals surface area (Å²) in [5.41, 5.74) is 0. The van der Waals surface area contributed by atoms with Gasteiger partial charge in [0.05, 0.1) is 6.07 Å². The molecule has 1 rings (SSSR count). The van der Waals surface area contributed by atoms with E-state index in [-0.39, 0.29) is 12.4 Å². The molecule has 0 amide bonds. The summed E-state index contributed by atoms with van der Waals surface area (Å²) in [5, 5.41) is 0. The Labute approximate surface area is 73.4 Å². The Morgan fingerprint density at radius 1 is 1.46 bits per heavy atom. The van der Waals surface area contributed by atoms with Gasteiger partial charge in [0, 0.05) is 6.07 Å². The highest BCUT2D eigenvalue weighted by atomic mass is 19.2. The van der Waals surface area contributed by atoms with Crippen molar-refractivity contribution < 1.29 is 17.9 Å². The highest BCUT2D eigenvalue weighted by molar-refractivity contribution is 5.23. The number of hydrogen-bond acceptors (Lipinski definition) is 1. The van der Waals surface area contributed by atoms with Gasteiger partial charge in [-0.2, -0.15) is 0 Å². The molecule has 4 heteroatoms. The van der Waals surface area contributed by atoms with Crippen LogP contribution in [-0.2, 0) is 0 Å². The summed E-state index contributed by atoms with van der Waals surface area (Å²) < 4.78 is 42.1. The standard InChI is InChI=1S/C9H6F3O/c1-2-3-13-6-4-7(10)9(12)8(11)5-6/h2,4H,1,3H2. The second-order valence-corrected chi connectivity index (χ2v) is 2.21. The van der Waals surface area contributed by atoms with Crippen molar-refractivity contribution in [1.82, 2.24) is 0 Å². The predicted octanol–water partition coefficient (Wildman–Crippen LogP) is 2.47. The average Bonchev–Trinajstić information content (AvgIpc) is 2.10. The van der Waals surface area contributed by atoms with Gasteiger partial charge in [0.1, 0.15) is 12.4 Å². The zero-order chi connectivity index (χ0) is 9.84. The number of hydrogen-bond donors (Lipinski definition) is 0. The first-order valence-electron chi connectivity index (χ1n) is 3.45. The SMILES string of the molecule is C=CCOc1[c]c(F)c(F)c(F)c1. The van der Waals surface area contributed by atoms with Crippen molar-refractivity contribution in [2.24, 2.45) is 0 Å². The van der Waals surface area contributed by atoms with E-state index >= 15 is 0 Å². The lowest BCUT2D eigenvalue weighted by atomic mass is 10.3. The highest BCUT2D eigenvalue weighted by Crippen LogP contribution is 2.18. The van der Waals surface area contributed by atoms with Gasteiger partial charge in [-0.15, -0.1) is 0 Å². The number of halogens is 3. The maximum atomic E-state index is 12.5. The third-order valence-corrected chi connectivity index (χ3v) is 1.25. The zero-order valence-electron chi connectivity index (χ0n) is 6.61. The van der Waals surface area contributed by atoms with E-state index in [0.29, 0.717) is 0 Å². The van der Waals surface area contributed by atoms with E-state index < -0.39 is 17.5 Å². The monoisotopic (exact) mass is 187 g/mol. The molecule has 0 aliphatic heterocycles. The minimum atomic E-state index is -1.55. The Kier molecular flexibility index (Phi) is 2.95. The van der Waals surface area contributed by atoms with Gasteiger partial charge in [0.25, 0.3) is 0 Å². The van der Waals surface area contributed by atoms with Crippen molar-refractivity contribution in [3.63, 3.8) is 0 Å².